The maximum atomic E-state index is 5.22. The smallest absolute Gasteiger partial charge is 0.191 e. The average Bonchev–Trinajstić information content (AvgIpc) is 2.78. The summed E-state index contributed by atoms with van der Waals surface area (Å²) < 4.78 is 5.22. The van der Waals surface area contributed by atoms with Crippen molar-refractivity contribution in [2.45, 2.75) is 38.9 Å². The van der Waals surface area contributed by atoms with Crippen LogP contribution in [0.5, 0.6) is 0 Å². The lowest BCUT2D eigenvalue weighted by Gasteiger charge is -2.15. The Hall–Kier alpha value is -1.76. The van der Waals surface area contributed by atoms with Crippen molar-refractivity contribution in [2.75, 3.05) is 23.4 Å². The lowest BCUT2D eigenvalue weighted by molar-refractivity contribution is 0.392. The molecule has 0 radical (unpaired) electrons. The largest absolute Gasteiger partial charge is 0.370 e. The van der Waals surface area contributed by atoms with Gasteiger partial charge in [0.1, 0.15) is 17.4 Å². The minimum atomic E-state index is 0.0651. The number of nitrogens with zero attached hydrogens (tertiary/aromatic N) is 3. The molecular formula is C14H21N5OS. The van der Waals surface area contributed by atoms with E-state index >= 15 is 0 Å². The highest BCUT2D eigenvalue weighted by molar-refractivity contribution is 7.98. The lowest BCUT2D eigenvalue weighted by Crippen LogP contribution is -2.11. The third-order valence-electron chi connectivity index (χ3n) is 3.13. The number of nitrogens with one attached hydrogen (secondary N) is 2. The molecule has 2 rings (SSSR count). The first kappa shape index (κ1) is 15.6. The van der Waals surface area contributed by atoms with E-state index in [0.717, 1.165) is 40.4 Å². The summed E-state index contributed by atoms with van der Waals surface area (Å²) in [4.78, 5) is 8.91. The van der Waals surface area contributed by atoms with Crippen LogP contribution >= 0.6 is 11.8 Å². The van der Waals surface area contributed by atoms with Crippen LogP contribution in [-0.4, -0.2) is 27.9 Å². The molecule has 7 heteroatoms. The first-order valence-corrected chi connectivity index (χ1v) is 8.13. The number of aryl methyl sites for hydroxylation is 2. The predicted octanol–water partition coefficient (Wildman–Crippen LogP) is 3.41. The van der Waals surface area contributed by atoms with E-state index < -0.39 is 0 Å². The number of hydrogen-bond acceptors (Lipinski definition) is 7. The van der Waals surface area contributed by atoms with E-state index in [1.54, 1.807) is 0 Å². The molecule has 0 bridgehead atoms. The van der Waals surface area contributed by atoms with Crippen LogP contribution in [0.3, 0.4) is 0 Å². The SMILES string of the molecule is CCNc1cc(NC(C)c2c(C)noc2C)nc(SC)n1. The highest BCUT2D eigenvalue weighted by Crippen LogP contribution is 2.26. The van der Waals surface area contributed by atoms with E-state index in [9.17, 15) is 0 Å². The van der Waals surface area contributed by atoms with Crippen LogP contribution in [0.25, 0.3) is 0 Å². The third kappa shape index (κ3) is 3.66. The molecule has 1 unspecified atom stereocenters. The molecule has 0 spiro atoms. The monoisotopic (exact) mass is 307 g/mol. The zero-order valence-electron chi connectivity index (χ0n) is 13.0. The topological polar surface area (TPSA) is 75.9 Å². The second-order valence-corrected chi connectivity index (χ2v) is 5.53. The van der Waals surface area contributed by atoms with Gasteiger partial charge in [-0.15, -0.1) is 0 Å². The zero-order valence-corrected chi connectivity index (χ0v) is 13.8. The molecule has 1 atom stereocenters. The number of hydrogen-bond donors (Lipinski definition) is 2. The molecular weight excluding hydrogens is 286 g/mol. The standard InChI is InChI=1S/C14H21N5OS/c1-6-15-11-7-12(18-14(17-11)21-5)16-8(2)13-9(3)19-20-10(13)4/h7-8H,6H2,1-5H3,(H2,15,16,17,18). The summed E-state index contributed by atoms with van der Waals surface area (Å²) in [5.74, 6) is 2.45. The molecule has 0 saturated carbocycles. The fourth-order valence-corrected chi connectivity index (χ4v) is 2.64. The number of rotatable bonds is 6. The van der Waals surface area contributed by atoms with E-state index in [2.05, 4.69) is 32.7 Å². The van der Waals surface area contributed by atoms with E-state index in [0.29, 0.717) is 0 Å². The van der Waals surface area contributed by atoms with Crippen LogP contribution in [0, 0.1) is 13.8 Å². The van der Waals surface area contributed by atoms with Gasteiger partial charge >= 0.3 is 0 Å². The molecule has 2 N–H and O–H groups in total. The third-order valence-corrected chi connectivity index (χ3v) is 3.68. The van der Waals surface area contributed by atoms with Crippen molar-refractivity contribution in [3.05, 3.63) is 23.1 Å². The van der Waals surface area contributed by atoms with Crippen LogP contribution in [0.4, 0.5) is 11.6 Å². The van der Waals surface area contributed by atoms with Gasteiger partial charge in [-0.3, -0.25) is 0 Å². The van der Waals surface area contributed by atoms with Crippen molar-refractivity contribution in [1.29, 1.82) is 0 Å². The Labute approximate surface area is 129 Å². The van der Waals surface area contributed by atoms with Crippen molar-refractivity contribution in [2.24, 2.45) is 0 Å². The first-order chi connectivity index (χ1) is 10.0. The molecule has 6 nitrogen and oxygen atoms in total. The summed E-state index contributed by atoms with van der Waals surface area (Å²) in [6, 6.07) is 1.98. The molecule has 2 heterocycles. The Kier molecular flexibility index (Phi) is 5.06. The van der Waals surface area contributed by atoms with Gasteiger partial charge in [0.05, 0.1) is 11.7 Å². The Morgan fingerprint density at radius 1 is 1.29 bits per heavy atom. The summed E-state index contributed by atoms with van der Waals surface area (Å²) in [5, 5.41) is 11.3. The van der Waals surface area contributed by atoms with E-state index in [-0.39, 0.29) is 6.04 Å². The zero-order chi connectivity index (χ0) is 15.4. The highest BCUT2D eigenvalue weighted by Gasteiger charge is 2.17. The van der Waals surface area contributed by atoms with Crippen LogP contribution in [-0.2, 0) is 0 Å². The minimum absolute atomic E-state index is 0.0651. The minimum Gasteiger partial charge on any atom is -0.370 e. The molecule has 0 aromatic carbocycles. The van der Waals surface area contributed by atoms with Gasteiger partial charge in [-0.1, -0.05) is 16.9 Å². The molecule has 0 amide bonds. The van der Waals surface area contributed by atoms with Crippen LogP contribution in [0.1, 0.15) is 36.9 Å². The van der Waals surface area contributed by atoms with Crippen LogP contribution < -0.4 is 10.6 Å². The van der Waals surface area contributed by atoms with Gasteiger partial charge in [0.2, 0.25) is 0 Å². The molecule has 0 aliphatic rings. The molecule has 0 saturated heterocycles. The second kappa shape index (κ2) is 6.80. The number of aromatic nitrogens is 3. The maximum Gasteiger partial charge on any atom is 0.191 e. The molecule has 0 fully saturated rings. The Morgan fingerprint density at radius 2 is 2.00 bits per heavy atom. The van der Waals surface area contributed by atoms with Crippen molar-refractivity contribution in [1.82, 2.24) is 15.1 Å². The average molecular weight is 307 g/mol. The summed E-state index contributed by atoms with van der Waals surface area (Å²) in [5.41, 5.74) is 1.97. The van der Waals surface area contributed by atoms with Crippen LogP contribution in [0.2, 0.25) is 0 Å². The summed E-state index contributed by atoms with van der Waals surface area (Å²) >= 11 is 1.52. The number of thioether (sulfide) groups is 1. The van der Waals surface area contributed by atoms with Crippen molar-refractivity contribution in [3.63, 3.8) is 0 Å². The number of anilines is 2. The molecule has 0 aliphatic carbocycles. The van der Waals surface area contributed by atoms with Crippen LogP contribution in [0.15, 0.2) is 15.7 Å². The van der Waals surface area contributed by atoms with Gasteiger partial charge < -0.3 is 15.2 Å². The predicted molar refractivity (Wildman–Crippen MR) is 86.0 cm³/mol. The van der Waals surface area contributed by atoms with E-state index in [1.165, 1.54) is 11.8 Å². The van der Waals surface area contributed by atoms with Gasteiger partial charge in [-0.2, -0.15) is 0 Å². The summed E-state index contributed by atoms with van der Waals surface area (Å²) in [6.45, 7) is 8.80. The molecule has 114 valence electrons. The Balaban J connectivity index is 2.24. The van der Waals surface area contributed by atoms with Gasteiger partial charge in [-0.25, -0.2) is 9.97 Å². The molecule has 0 aliphatic heterocycles. The maximum absolute atomic E-state index is 5.22. The fourth-order valence-electron chi connectivity index (χ4n) is 2.26. The molecule has 2 aromatic heterocycles. The van der Waals surface area contributed by atoms with E-state index in [4.69, 9.17) is 4.52 Å². The van der Waals surface area contributed by atoms with Gasteiger partial charge in [0.25, 0.3) is 0 Å². The normalized spacial score (nSPS) is 12.2. The highest BCUT2D eigenvalue weighted by atomic mass is 32.2. The van der Waals surface area contributed by atoms with Crippen molar-refractivity contribution in [3.8, 4) is 0 Å². The lowest BCUT2D eigenvalue weighted by atomic mass is 10.1. The Bertz CT molecular complexity index is 594. The van der Waals surface area contributed by atoms with E-state index in [1.807, 2.05) is 33.1 Å². The molecule has 21 heavy (non-hydrogen) atoms. The quantitative estimate of drug-likeness (QED) is 0.625. The fraction of sp³-hybridized carbons (Fsp3) is 0.500. The summed E-state index contributed by atoms with van der Waals surface area (Å²) in [6.07, 6.45) is 1.96. The summed E-state index contributed by atoms with van der Waals surface area (Å²) in [7, 11) is 0. The van der Waals surface area contributed by atoms with Gasteiger partial charge in [0.15, 0.2) is 5.16 Å². The molecule has 2 aromatic rings. The Morgan fingerprint density at radius 3 is 2.57 bits per heavy atom. The van der Waals surface area contributed by atoms with Crippen molar-refractivity contribution >= 4 is 23.4 Å². The van der Waals surface area contributed by atoms with Gasteiger partial charge in [-0.05, 0) is 34.0 Å². The first-order valence-electron chi connectivity index (χ1n) is 6.91. The van der Waals surface area contributed by atoms with Gasteiger partial charge in [0, 0.05) is 18.2 Å². The second-order valence-electron chi connectivity index (χ2n) is 4.76. The van der Waals surface area contributed by atoms with Crippen molar-refractivity contribution < 1.29 is 4.52 Å².